The van der Waals surface area contributed by atoms with Crippen molar-refractivity contribution in [3.8, 4) is 0 Å². The lowest BCUT2D eigenvalue weighted by atomic mass is 10.1. The Labute approximate surface area is 115 Å². The van der Waals surface area contributed by atoms with E-state index < -0.39 is 0 Å². The number of furan rings is 1. The molecule has 0 spiro atoms. The van der Waals surface area contributed by atoms with Gasteiger partial charge in [0.1, 0.15) is 5.76 Å². The van der Waals surface area contributed by atoms with Crippen molar-refractivity contribution in [2.24, 2.45) is 0 Å². The number of carbonyl (C=O) groups excluding carboxylic acids is 1. The standard InChI is InChI=1S/C13H18BrNO3/c1-10-2-3-12(18-10)13(16)15-7-4-11(5-8-15)17-9-6-14/h2-3,11H,4-9H2,1H3. The second kappa shape index (κ2) is 6.38. The molecule has 0 atom stereocenters. The Morgan fingerprint density at radius 3 is 2.78 bits per heavy atom. The summed E-state index contributed by atoms with van der Waals surface area (Å²) >= 11 is 3.34. The number of carbonyl (C=O) groups is 1. The van der Waals surface area contributed by atoms with Crippen LogP contribution in [0.3, 0.4) is 0 Å². The molecular weight excluding hydrogens is 298 g/mol. The topological polar surface area (TPSA) is 42.7 Å². The summed E-state index contributed by atoms with van der Waals surface area (Å²) in [6.07, 6.45) is 2.08. The van der Waals surface area contributed by atoms with Crippen LogP contribution in [0.1, 0.15) is 29.2 Å². The molecule has 1 fully saturated rings. The van der Waals surface area contributed by atoms with Gasteiger partial charge in [-0.2, -0.15) is 0 Å². The highest BCUT2D eigenvalue weighted by Gasteiger charge is 2.25. The zero-order valence-corrected chi connectivity index (χ0v) is 12.1. The molecule has 0 aromatic carbocycles. The van der Waals surface area contributed by atoms with Gasteiger partial charge in [-0.15, -0.1) is 0 Å². The fraction of sp³-hybridized carbons (Fsp3) is 0.615. The molecule has 1 aromatic rings. The first-order chi connectivity index (χ1) is 8.70. The summed E-state index contributed by atoms with van der Waals surface area (Å²) < 4.78 is 11.0. The minimum Gasteiger partial charge on any atom is -0.456 e. The first-order valence-corrected chi connectivity index (χ1v) is 7.36. The van der Waals surface area contributed by atoms with Crippen LogP contribution in [0.4, 0.5) is 0 Å². The van der Waals surface area contributed by atoms with Crippen LogP contribution in [-0.4, -0.2) is 41.9 Å². The number of aryl methyl sites for hydroxylation is 1. The van der Waals surface area contributed by atoms with Crippen molar-refractivity contribution in [2.75, 3.05) is 25.0 Å². The summed E-state index contributed by atoms with van der Waals surface area (Å²) in [7, 11) is 0. The maximum atomic E-state index is 12.1. The van der Waals surface area contributed by atoms with E-state index in [0.717, 1.165) is 43.6 Å². The third-order valence-corrected chi connectivity index (χ3v) is 3.43. The minimum absolute atomic E-state index is 0.0120. The quantitative estimate of drug-likeness (QED) is 0.802. The number of alkyl halides is 1. The van der Waals surface area contributed by atoms with Gasteiger partial charge in [0.15, 0.2) is 5.76 Å². The molecule has 0 N–H and O–H groups in total. The van der Waals surface area contributed by atoms with E-state index in [4.69, 9.17) is 9.15 Å². The molecule has 18 heavy (non-hydrogen) atoms. The average Bonchev–Trinajstić information content (AvgIpc) is 2.83. The van der Waals surface area contributed by atoms with Gasteiger partial charge in [-0.05, 0) is 31.9 Å². The molecule has 2 heterocycles. The van der Waals surface area contributed by atoms with Crippen LogP contribution in [0.15, 0.2) is 16.5 Å². The predicted molar refractivity (Wildman–Crippen MR) is 72.1 cm³/mol. The van der Waals surface area contributed by atoms with E-state index in [1.165, 1.54) is 0 Å². The van der Waals surface area contributed by atoms with Gasteiger partial charge in [0.25, 0.3) is 5.91 Å². The van der Waals surface area contributed by atoms with Crippen LogP contribution in [0.5, 0.6) is 0 Å². The van der Waals surface area contributed by atoms with Crippen LogP contribution in [-0.2, 0) is 4.74 Å². The highest BCUT2D eigenvalue weighted by molar-refractivity contribution is 9.09. The van der Waals surface area contributed by atoms with Crippen molar-refractivity contribution in [3.05, 3.63) is 23.7 Å². The van der Waals surface area contributed by atoms with Gasteiger partial charge < -0.3 is 14.1 Å². The van der Waals surface area contributed by atoms with E-state index in [1.54, 1.807) is 6.07 Å². The van der Waals surface area contributed by atoms with Crippen molar-refractivity contribution in [1.29, 1.82) is 0 Å². The number of piperidine rings is 1. The first-order valence-electron chi connectivity index (χ1n) is 6.24. The number of hydrogen-bond acceptors (Lipinski definition) is 3. The highest BCUT2D eigenvalue weighted by atomic mass is 79.9. The number of amides is 1. The molecule has 0 saturated carbocycles. The maximum Gasteiger partial charge on any atom is 0.289 e. The predicted octanol–water partition coefficient (Wildman–Crippen LogP) is 2.60. The first kappa shape index (κ1) is 13.6. The molecule has 1 saturated heterocycles. The fourth-order valence-corrected chi connectivity index (χ4v) is 2.33. The molecule has 0 radical (unpaired) electrons. The van der Waals surface area contributed by atoms with Crippen molar-refractivity contribution in [3.63, 3.8) is 0 Å². The Morgan fingerprint density at radius 2 is 2.22 bits per heavy atom. The largest absolute Gasteiger partial charge is 0.456 e. The van der Waals surface area contributed by atoms with Gasteiger partial charge in [0.2, 0.25) is 0 Å². The second-order valence-corrected chi connectivity index (χ2v) is 5.25. The molecule has 4 nitrogen and oxygen atoms in total. The zero-order chi connectivity index (χ0) is 13.0. The molecule has 1 aliphatic rings. The number of ether oxygens (including phenoxy) is 1. The number of rotatable bonds is 4. The minimum atomic E-state index is -0.0120. The van der Waals surface area contributed by atoms with Crippen molar-refractivity contribution >= 4 is 21.8 Å². The van der Waals surface area contributed by atoms with E-state index >= 15 is 0 Å². The zero-order valence-electron chi connectivity index (χ0n) is 10.5. The van der Waals surface area contributed by atoms with Gasteiger partial charge in [0, 0.05) is 18.4 Å². The summed E-state index contributed by atoms with van der Waals surface area (Å²) in [5.41, 5.74) is 0. The summed E-state index contributed by atoms with van der Waals surface area (Å²) in [6, 6.07) is 3.56. The van der Waals surface area contributed by atoms with E-state index in [9.17, 15) is 4.79 Å². The molecule has 5 heteroatoms. The van der Waals surface area contributed by atoms with Crippen molar-refractivity contribution in [1.82, 2.24) is 4.90 Å². The Kier molecular flexibility index (Phi) is 4.83. The van der Waals surface area contributed by atoms with E-state index in [1.807, 2.05) is 17.9 Å². The summed E-state index contributed by atoms with van der Waals surface area (Å²) in [5.74, 6) is 1.20. The number of hydrogen-bond donors (Lipinski definition) is 0. The number of halogens is 1. The summed E-state index contributed by atoms with van der Waals surface area (Å²) in [4.78, 5) is 14.0. The van der Waals surface area contributed by atoms with Gasteiger partial charge in [-0.25, -0.2) is 0 Å². The third kappa shape index (κ3) is 3.36. The third-order valence-electron chi connectivity index (χ3n) is 3.11. The normalized spacial score (nSPS) is 17.1. The molecule has 1 aromatic heterocycles. The molecule has 2 rings (SSSR count). The lowest BCUT2D eigenvalue weighted by Crippen LogP contribution is -2.40. The molecule has 0 unspecified atom stereocenters. The lowest BCUT2D eigenvalue weighted by Gasteiger charge is -2.31. The van der Waals surface area contributed by atoms with Crippen LogP contribution in [0, 0.1) is 6.92 Å². The molecule has 1 amide bonds. The Bertz CT molecular complexity index is 397. The number of likely N-dealkylation sites (tertiary alicyclic amines) is 1. The SMILES string of the molecule is Cc1ccc(C(=O)N2CCC(OCCBr)CC2)o1. The Hall–Kier alpha value is -0.810. The van der Waals surface area contributed by atoms with Crippen LogP contribution in [0.2, 0.25) is 0 Å². The molecule has 0 aliphatic carbocycles. The summed E-state index contributed by atoms with van der Waals surface area (Å²) in [6.45, 7) is 4.06. The second-order valence-electron chi connectivity index (χ2n) is 4.46. The Morgan fingerprint density at radius 1 is 1.50 bits per heavy atom. The number of nitrogens with zero attached hydrogens (tertiary/aromatic N) is 1. The van der Waals surface area contributed by atoms with Crippen LogP contribution >= 0.6 is 15.9 Å². The molecule has 100 valence electrons. The van der Waals surface area contributed by atoms with Gasteiger partial charge in [0.05, 0.1) is 12.7 Å². The molecule has 0 bridgehead atoms. The van der Waals surface area contributed by atoms with E-state index in [-0.39, 0.29) is 12.0 Å². The average molecular weight is 316 g/mol. The van der Waals surface area contributed by atoms with Crippen molar-refractivity contribution < 1.29 is 13.9 Å². The van der Waals surface area contributed by atoms with Gasteiger partial charge in [-0.1, -0.05) is 15.9 Å². The maximum absolute atomic E-state index is 12.1. The van der Waals surface area contributed by atoms with Crippen molar-refractivity contribution in [2.45, 2.75) is 25.9 Å². The fourth-order valence-electron chi connectivity index (χ4n) is 2.14. The lowest BCUT2D eigenvalue weighted by molar-refractivity contribution is 0.0150. The van der Waals surface area contributed by atoms with Gasteiger partial charge >= 0.3 is 0 Å². The van der Waals surface area contributed by atoms with E-state index in [2.05, 4.69) is 15.9 Å². The smallest absolute Gasteiger partial charge is 0.289 e. The molecular formula is C13H18BrNO3. The molecule has 1 aliphatic heterocycles. The monoisotopic (exact) mass is 315 g/mol. The van der Waals surface area contributed by atoms with Crippen LogP contribution in [0.25, 0.3) is 0 Å². The summed E-state index contributed by atoms with van der Waals surface area (Å²) in [5, 5.41) is 0.859. The van der Waals surface area contributed by atoms with Gasteiger partial charge in [-0.3, -0.25) is 4.79 Å². The van der Waals surface area contributed by atoms with Crippen LogP contribution < -0.4 is 0 Å². The van der Waals surface area contributed by atoms with E-state index in [0.29, 0.717) is 5.76 Å². The highest BCUT2D eigenvalue weighted by Crippen LogP contribution is 2.17. The Balaban J connectivity index is 1.84.